The lowest BCUT2D eigenvalue weighted by Crippen LogP contribution is -1.98. The average molecular weight is 192 g/mol. The van der Waals surface area contributed by atoms with Gasteiger partial charge in [0.25, 0.3) is 0 Å². The molecule has 0 aromatic heterocycles. The summed E-state index contributed by atoms with van der Waals surface area (Å²) in [6, 6.07) is 5.38. The van der Waals surface area contributed by atoms with E-state index in [0.717, 1.165) is 11.1 Å². The summed E-state index contributed by atoms with van der Waals surface area (Å²) in [6.45, 7) is 1.82. The molecule has 2 N–H and O–H groups in total. The van der Waals surface area contributed by atoms with Crippen LogP contribution >= 0.6 is 0 Å². The molecule has 2 rings (SSSR count). The lowest BCUT2D eigenvalue weighted by molar-refractivity contribution is -0.138. The summed E-state index contributed by atoms with van der Waals surface area (Å²) in [5, 5.41) is 18.2. The Kier molecular flexibility index (Phi) is 1.95. The number of aryl methyl sites for hydroxylation is 1. The van der Waals surface area contributed by atoms with Gasteiger partial charge in [0.15, 0.2) is 0 Å². The number of rotatable bonds is 2. The van der Waals surface area contributed by atoms with E-state index in [4.69, 9.17) is 5.11 Å². The first-order valence-electron chi connectivity index (χ1n) is 4.62. The molecule has 0 aliphatic heterocycles. The zero-order valence-electron chi connectivity index (χ0n) is 7.90. The topological polar surface area (TPSA) is 57.5 Å². The van der Waals surface area contributed by atoms with Crippen molar-refractivity contribution in [1.82, 2.24) is 0 Å². The molecule has 1 fully saturated rings. The van der Waals surface area contributed by atoms with Gasteiger partial charge in [-0.05, 0) is 36.5 Å². The quantitative estimate of drug-likeness (QED) is 0.752. The highest BCUT2D eigenvalue weighted by molar-refractivity contribution is 5.75. The summed E-state index contributed by atoms with van der Waals surface area (Å²) >= 11 is 0. The number of carboxylic acids is 1. The third kappa shape index (κ3) is 1.45. The Balaban J connectivity index is 2.20. The Labute approximate surface area is 82.0 Å². The minimum absolute atomic E-state index is 0.0963. The van der Waals surface area contributed by atoms with Gasteiger partial charge in [-0.2, -0.15) is 0 Å². The van der Waals surface area contributed by atoms with E-state index in [1.807, 2.05) is 19.1 Å². The zero-order chi connectivity index (χ0) is 10.3. The fourth-order valence-electron chi connectivity index (χ4n) is 1.69. The molecule has 1 saturated carbocycles. The third-order valence-corrected chi connectivity index (χ3v) is 2.77. The molecule has 1 aromatic rings. The first-order chi connectivity index (χ1) is 6.59. The first-order valence-corrected chi connectivity index (χ1v) is 4.62. The van der Waals surface area contributed by atoms with Crippen molar-refractivity contribution < 1.29 is 15.0 Å². The molecule has 1 aliphatic rings. The maximum atomic E-state index is 10.6. The minimum Gasteiger partial charge on any atom is -0.508 e. The summed E-state index contributed by atoms with van der Waals surface area (Å²) in [7, 11) is 0. The van der Waals surface area contributed by atoms with E-state index < -0.39 is 5.97 Å². The number of phenols is 1. The molecule has 0 spiro atoms. The molecular formula is C11H12O3. The van der Waals surface area contributed by atoms with Crippen LogP contribution < -0.4 is 0 Å². The summed E-state index contributed by atoms with van der Waals surface area (Å²) in [6.07, 6.45) is 0.692. The fourth-order valence-corrected chi connectivity index (χ4v) is 1.69. The molecule has 3 heteroatoms. The van der Waals surface area contributed by atoms with Crippen molar-refractivity contribution in [2.45, 2.75) is 19.3 Å². The molecule has 0 bridgehead atoms. The van der Waals surface area contributed by atoms with Crippen LogP contribution in [0.25, 0.3) is 0 Å². The lowest BCUT2D eigenvalue weighted by Gasteiger charge is -2.02. The minimum atomic E-state index is -0.741. The largest absolute Gasteiger partial charge is 0.508 e. The van der Waals surface area contributed by atoms with Gasteiger partial charge in [-0.25, -0.2) is 0 Å². The van der Waals surface area contributed by atoms with Gasteiger partial charge in [0.1, 0.15) is 5.75 Å². The van der Waals surface area contributed by atoms with Crippen LogP contribution in [0, 0.1) is 12.8 Å². The van der Waals surface area contributed by atoms with Gasteiger partial charge >= 0.3 is 5.97 Å². The summed E-state index contributed by atoms with van der Waals surface area (Å²) in [5.74, 6) is -0.648. The van der Waals surface area contributed by atoms with Crippen molar-refractivity contribution in [3.05, 3.63) is 29.3 Å². The molecule has 2 unspecified atom stereocenters. The first kappa shape index (κ1) is 9.06. The van der Waals surface area contributed by atoms with Gasteiger partial charge in [0, 0.05) is 0 Å². The number of benzene rings is 1. The van der Waals surface area contributed by atoms with Gasteiger partial charge < -0.3 is 10.2 Å². The SMILES string of the molecule is Cc1ccc(C2CC2C(=O)O)cc1O. The Morgan fingerprint density at radius 3 is 2.71 bits per heavy atom. The Bertz CT molecular complexity index is 384. The smallest absolute Gasteiger partial charge is 0.307 e. The van der Waals surface area contributed by atoms with E-state index in [2.05, 4.69) is 0 Å². The lowest BCUT2D eigenvalue weighted by atomic mass is 10.1. The summed E-state index contributed by atoms with van der Waals surface area (Å²) in [4.78, 5) is 10.6. The van der Waals surface area contributed by atoms with Crippen LogP contribution in [-0.2, 0) is 4.79 Å². The second-order valence-corrected chi connectivity index (χ2v) is 3.83. The molecule has 74 valence electrons. The molecule has 3 nitrogen and oxygen atoms in total. The highest BCUT2D eigenvalue weighted by atomic mass is 16.4. The van der Waals surface area contributed by atoms with Crippen molar-refractivity contribution in [1.29, 1.82) is 0 Å². The number of phenolic OH excluding ortho intramolecular Hbond substituents is 1. The van der Waals surface area contributed by atoms with Gasteiger partial charge in [-0.1, -0.05) is 12.1 Å². The van der Waals surface area contributed by atoms with Crippen LogP contribution in [0.2, 0.25) is 0 Å². The van der Waals surface area contributed by atoms with Gasteiger partial charge in [-0.3, -0.25) is 4.79 Å². The van der Waals surface area contributed by atoms with Crippen LogP contribution in [0.1, 0.15) is 23.5 Å². The van der Waals surface area contributed by atoms with E-state index >= 15 is 0 Å². The van der Waals surface area contributed by atoms with Gasteiger partial charge in [-0.15, -0.1) is 0 Å². The molecule has 0 amide bonds. The second kappa shape index (κ2) is 3.01. The second-order valence-electron chi connectivity index (χ2n) is 3.83. The Morgan fingerprint density at radius 1 is 1.50 bits per heavy atom. The summed E-state index contributed by atoms with van der Waals surface area (Å²) in [5.41, 5.74) is 1.75. The molecule has 0 heterocycles. The Morgan fingerprint density at radius 2 is 2.21 bits per heavy atom. The number of hydrogen-bond donors (Lipinski definition) is 2. The zero-order valence-corrected chi connectivity index (χ0v) is 7.90. The molecule has 0 radical (unpaired) electrons. The number of carbonyl (C=O) groups is 1. The predicted octanol–water partition coefficient (Wildman–Crippen LogP) is 1.89. The molecule has 14 heavy (non-hydrogen) atoms. The fraction of sp³-hybridized carbons (Fsp3) is 0.364. The standard InChI is InChI=1S/C11H12O3/c1-6-2-3-7(4-10(6)12)8-5-9(8)11(13)14/h2-4,8-9,12H,5H2,1H3,(H,13,14). The third-order valence-electron chi connectivity index (χ3n) is 2.77. The monoisotopic (exact) mass is 192 g/mol. The van der Waals surface area contributed by atoms with E-state index in [0.29, 0.717) is 6.42 Å². The predicted molar refractivity (Wildman–Crippen MR) is 51.3 cm³/mol. The van der Waals surface area contributed by atoms with Crippen molar-refractivity contribution in [2.75, 3.05) is 0 Å². The molecule has 1 aliphatic carbocycles. The average Bonchev–Trinajstić information content (AvgIpc) is 2.89. The van der Waals surface area contributed by atoms with E-state index in [1.54, 1.807) is 6.07 Å². The van der Waals surface area contributed by atoms with Gasteiger partial charge in [0.05, 0.1) is 5.92 Å². The van der Waals surface area contributed by atoms with E-state index in [1.165, 1.54) is 0 Å². The number of aliphatic carboxylic acids is 1. The molecule has 2 atom stereocenters. The van der Waals surface area contributed by atoms with Crippen LogP contribution in [0.5, 0.6) is 5.75 Å². The van der Waals surface area contributed by atoms with Crippen molar-refractivity contribution in [3.63, 3.8) is 0 Å². The Hall–Kier alpha value is -1.51. The van der Waals surface area contributed by atoms with E-state index in [-0.39, 0.29) is 17.6 Å². The summed E-state index contributed by atoms with van der Waals surface area (Å²) < 4.78 is 0. The highest BCUT2D eigenvalue weighted by Crippen LogP contribution is 2.48. The van der Waals surface area contributed by atoms with Crippen molar-refractivity contribution in [3.8, 4) is 5.75 Å². The van der Waals surface area contributed by atoms with E-state index in [9.17, 15) is 9.90 Å². The number of aromatic hydroxyl groups is 1. The van der Waals surface area contributed by atoms with Crippen molar-refractivity contribution in [2.24, 2.45) is 5.92 Å². The number of carboxylic acid groups (broad SMARTS) is 1. The molecular weight excluding hydrogens is 180 g/mol. The molecule has 1 aromatic carbocycles. The maximum absolute atomic E-state index is 10.6. The van der Waals surface area contributed by atoms with Crippen molar-refractivity contribution >= 4 is 5.97 Å². The van der Waals surface area contributed by atoms with Crippen LogP contribution in [-0.4, -0.2) is 16.2 Å². The maximum Gasteiger partial charge on any atom is 0.307 e. The van der Waals surface area contributed by atoms with Gasteiger partial charge in [0.2, 0.25) is 0 Å². The van der Waals surface area contributed by atoms with Crippen LogP contribution in [0.15, 0.2) is 18.2 Å². The molecule has 0 saturated heterocycles. The number of hydrogen-bond acceptors (Lipinski definition) is 2. The van der Waals surface area contributed by atoms with Crippen LogP contribution in [0.3, 0.4) is 0 Å². The highest BCUT2D eigenvalue weighted by Gasteiger charge is 2.44. The normalized spacial score (nSPS) is 24.6. The van der Waals surface area contributed by atoms with Crippen LogP contribution in [0.4, 0.5) is 0 Å².